The van der Waals surface area contributed by atoms with E-state index in [2.05, 4.69) is 66.9 Å². The smallest absolute Gasteiger partial charge is 0.262 e. The summed E-state index contributed by atoms with van der Waals surface area (Å²) in [5, 5.41) is 2.57. The molecule has 7 atom stereocenters. The van der Waals surface area contributed by atoms with Gasteiger partial charge in [0.15, 0.2) is 0 Å². The van der Waals surface area contributed by atoms with Gasteiger partial charge in [0, 0.05) is 86.1 Å². The third-order valence-corrected chi connectivity index (χ3v) is 16.6. The van der Waals surface area contributed by atoms with Crippen LogP contribution in [-0.4, -0.2) is 101 Å². The van der Waals surface area contributed by atoms with Crippen LogP contribution in [0.1, 0.15) is 73.1 Å². The minimum atomic E-state index is -2.96. The number of carbonyl (C=O) groups excluding carboxylic acids is 1. The van der Waals surface area contributed by atoms with E-state index in [1.807, 2.05) is 37.7 Å². The Kier molecular flexibility index (Phi) is 11.2. The minimum Gasteiger partial charge on any atom is -0.490 e. The Morgan fingerprint density at radius 3 is 2.69 bits per heavy atom. The van der Waals surface area contributed by atoms with Gasteiger partial charge < -0.3 is 14.4 Å². The van der Waals surface area contributed by atoms with Gasteiger partial charge in [-0.25, -0.2) is 9.19 Å². The predicted octanol–water partition coefficient (Wildman–Crippen LogP) is 6.84. The van der Waals surface area contributed by atoms with E-state index >= 15 is 0 Å². The number of hydrogen-bond donors (Lipinski definition) is 1. The first-order valence-corrected chi connectivity index (χ1v) is 23.1. The Bertz CT molecular complexity index is 2000. The quantitative estimate of drug-likeness (QED) is 0.222. The maximum absolute atomic E-state index is 14.1. The van der Waals surface area contributed by atoms with Crippen molar-refractivity contribution in [3.05, 3.63) is 86.8 Å². The van der Waals surface area contributed by atoms with Crippen LogP contribution in [0.25, 0.3) is 0 Å². The van der Waals surface area contributed by atoms with Crippen molar-refractivity contribution in [2.75, 3.05) is 64.4 Å². The molecule has 1 unspecified atom stereocenters. The molecule has 1 aromatic heterocycles. The normalized spacial score (nSPS) is 33.7. The van der Waals surface area contributed by atoms with Gasteiger partial charge in [-0.1, -0.05) is 36.7 Å². The van der Waals surface area contributed by atoms with Crippen LogP contribution in [0.5, 0.6) is 5.75 Å². The summed E-state index contributed by atoms with van der Waals surface area (Å²) in [7, 11) is -1.07. The Morgan fingerprint density at radius 2 is 1.95 bits per heavy atom. The lowest BCUT2D eigenvalue weighted by atomic mass is 9.63. The number of piperazine rings is 1. The lowest BCUT2D eigenvalue weighted by molar-refractivity contribution is -0.0956. The molecule has 9 nitrogen and oxygen atoms in total. The molecule has 1 spiro atoms. The molecule has 1 amide bonds. The summed E-state index contributed by atoms with van der Waals surface area (Å²) < 4.78 is 30.5. The molecule has 2 aliphatic carbocycles. The molecule has 1 saturated heterocycles. The summed E-state index contributed by atoms with van der Waals surface area (Å²) in [4.78, 5) is 26.0. The first-order valence-electron chi connectivity index (χ1n) is 20.0. The second-order valence-electron chi connectivity index (χ2n) is 16.9. The van der Waals surface area contributed by atoms with Gasteiger partial charge in [-0.2, -0.15) is 0 Å². The molecule has 2 aromatic carbocycles. The molecule has 12 heteroatoms. The van der Waals surface area contributed by atoms with E-state index < -0.39 is 15.3 Å². The fourth-order valence-corrected chi connectivity index (χ4v) is 12.1. The van der Waals surface area contributed by atoms with Gasteiger partial charge in [-0.05, 0) is 111 Å². The van der Waals surface area contributed by atoms with E-state index in [0.29, 0.717) is 30.4 Å². The van der Waals surface area contributed by atoms with E-state index in [9.17, 15) is 9.00 Å². The van der Waals surface area contributed by atoms with E-state index in [1.54, 1.807) is 17.4 Å². The molecule has 2 fully saturated rings. The molecule has 5 aliphatic rings. The summed E-state index contributed by atoms with van der Waals surface area (Å²) in [6, 6.07) is 12.0. The molecule has 296 valence electrons. The number of aromatic nitrogens is 1. The van der Waals surface area contributed by atoms with E-state index in [4.69, 9.17) is 21.1 Å². The number of fused-ring (bicyclic) bond motifs is 4. The van der Waals surface area contributed by atoms with Gasteiger partial charge in [0.25, 0.3) is 5.91 Å². The fourth-order valence-electron chi connectivity index (χ4n) is 9.90. The van der Waals surface area contributed by atoms with Crippen LogP contribution < -0.4 is 14.4 Å². The van der Waals surface area contributed by atoms with Crippen LogP contribution in [0.4, 0.5) is 5.69 Å². The highest BCUT2D eigenvalue weighted by Gasteiger charge is 2.50. The zero-order valence-corrected chi connectivity index (χ0v) is 34.9. The number of nitrogens with one attached hydrogen (secondary N) is 1. The monoisotopic (exact) mass is 805 g/mol. The molecule has 1 N–H and O–H groups in total. The van der Waals surface area contributed by atoms with Gasteiger partial charge in [0.05, 0.1) is 33.2 Å². The molecule has 0 radical (unpaired) electrons. The maximum Gasteiger partial charge on any atom is 0.262 e. The minimum absolute atomic E-state index is 0.0239. The first kappa shape index (κ1) is 38.9. The van der Waals surface area contributed by atoms with Crippen LogP contribution >= 0.6 is 22.9 Å². The predicted molar refractivity (Wildman–Crippen MR) is 225 cm³/mol. The van der Waals surface area contributed by atoms with Crippen molar-refractivity contribution >= 4 is 50.1 Å². The third kappa shape index (κ3) is 7.86. The van der Waals surface area contributed by atoms with Gasteiger partial charge >= 0.3 is 0 Å². The lowest BCUT2D eigenvalue weighted by Gasteiger charge is -2.52. The Labute approximate surface area is 336 Å². The van der Waals surface area contributed by atoms with Crippen molar-refractivity contribution in [3.63, 3.8) is 0 Å². The highest BCUT2D eigenvalue weighted by atomic mass is 35.5. The molecule has 2 bridgehead atoms. The van der Waals surface area contributed by atoms with Crippen LogP contribution in [0.3, 0.4) is 0 Å². The van der Waals surface area contributed by atoms with Crippen LogP contribution in [0.2, 0.25) is 5.02 Å². The number of rotatable bonds is 5. The highest BCUT2D eigenvalue weighted by Crippen LogP contribution is 2.49. The van der Waals surface area contributed by atoms with Gasteiger partial charge in [0.1, 0.15) is 11.4 Å². The number of aryl methyl sites for hydroxylation is 1. The standard InChI is InChI=1S/C43H56ClN5O4S2/c1-30-7-5-16-43(52-3,27-48-19-17-47(18-20-48)24-36-25-54-29-45-36)38-12-9-34(38)23-49-26-42(15-6-8-32-21-35(44)11-13-37(32)42)28-53-40-14-10-33(22-39(40)49)41(50)46-55(4,51)31(30)2/h5,10-11,13-14,16,21-22,25,29-31,34,38H,4,6-9,12,15,17-20,23-24,26-28H2,1-3H3,(H,46,50,51)/b16-5+/t30-,31+,34-,38+,42-,43-,55?/m0/s1. The zero-order chi connectivity index (χ0) is 38.4. The number of halogens is 1. The van der Waals surface area contributed by atoms with Crippen molar-refractivity contribution in [3.8, 4) is 5.75 Å². The number of thiazole rings is 1. The van der Waals surface area contributed by atoms with E-state index in [-0.39, 0.29) is 22.5 Å². The van der Waals surface area contributed by atoms with Crippen LogP contribution in [0, 0.1) is 17.8 Å². The number of allylic oxidation sites excluding steroid dienone is 1. The topological polar surface area (TPSA) is 87.2 Å². The van der Waals surface area contributed by atoms with E-state index in [1.165, 1.54) is 11.1 Å². The summed E-state index contributed by atoms with van der Waals surface area (Å²) >= 11 is 8.19. The largest absolute Gasteiger partial charge is 0.490 e. The Balaban J connectivity index is 1.15. The second kappa shape index (κ2) is 15.8. The molecule has 4 heterocycles. The number of ether oxygens (including phenoxy) is 2. The SMILES string of the molecule is C=S1(=O)NC(=O)c2ccc3c(c2)N(C[C@@H]2CC[C@H]2[C@](CN2CCN(Cc4cscn4)CC2)(OC)/C=C/C[C@H](C)[C@H]1C)C[C@@]1(CCCc2cc(Cl)ccc21)CO3. The average Bonchev–Trinajstić information content (AvgIpc) is 3.62. The molecular formula is C43H56ClN5O4S2. The maximum atomic E-state index is 14.1. The second-order valence-corrected chi connectivity index (χ2v) is 20.5. The Morgan fingerprint density at radius 1 is 1.13 bits per heavy atom. The zero-order valence-electron chi connectivity index (χ0n) is 32.5. The summed E-state index contributed by atoms with van der Waals surface area (Å²) in [5.41, 5.74) is 6.33. The molecular weight excluding hydrogens is 750 g/mol. The molecule has 3 aliphatic heterocycles. The van der Waals surface area contributed by atoms with Crippen molar-refractivity contribution in [2.45, 2.75) is 75.2 Å². The highest BCUT2D eigenvalue weighted by molar-refractivity contribution is 7.99. The van der Waals surface area contributed by atoms with Crippen LogP contribution in [-0.2, 0) is 32.8 Å². The first-order chi connectivity index (χ1) is 26.5. The van der Waals surface area contributed by atoms with E-state index in [0.717, 1.165) is 107 Å². The third-order valence-electron chi connectivity index (χ3n) is 13.6. The number of anilines is 1. The molecule has 55 heavy (non-hydrogen) atoms. The van der Waals surface area contributed by atoms with Crippen molar-refractivity contribution in [1.29, 1.82) is 0 Å². The van der Waals surface area contributed by atoms with Gasteiger partial charge in [-0.15, -0.1) is 11.3 Å². The molecule has 1 saturated carbocycles. The lowest BCUT2D eigenvalue weighted by Crippen LogP contribution is -2.59. The number of hydrogen-bond acceptors (Lipinski definition) is 9. The summed E-state index contributed by atoms with van der Waals surface area (Å²) in [5.74, 6) is 5.18. The number of benzene rings is 2. The average molecular weight is 807 g/mol. The van der Waals surface area contributed by atoms with Crippen LogP contribution in [0.15, 0.2) is 59.4 Å². The molecule has 3 aromatic rings. The van der Waals surface area contributed by atoms with Gasteiger partial charge in [-0.3, -0.25) is 19.3 Å². The number of carbonyl (C=O) groups is 1. The van der Waals surface area contributed by atoms with Gasteiger partial charge in [0.2, 0.25) is 0 Å². The van der Waals surface area contributed by atoms with Crippen molar-refractivity contribution in [1.82, 2.24) is 19.5 Å². The summed E-state index contributed by atoms with van der Waals surface area (Å²) in [6.07, 6.45) is 10.6. The molecule has 8 rings (SSSR count). The van der Waals surface area contributed by atoms with Crippen molar-refractivity contribution in [2.24, 2.45) is 17.8 Å². The summed E-state index contributed by atoms with van der Waals surface area (Å²) in [6.45, 7) is 11.8. The Hall–Kier alpha value is -2.93. The number of methoxy groups -OCH3 is 1. The van der Waals surface area contributed by atoms with Crippen molar-refractivity contribution < 1.29 is 18.5 Å². The fraction of sp³-hybridized carbons (Fsp3) is 0.558. The number of nitrogens with zero attached hydrogens (tertiary/aromatic N) is 4. The number of amides is 1.